The lowest BCUT2D eigenvalue weighted by molar-refractivity contribution is 0.0697. The molecule has 0 saturated heterocycles. The topological polar surface area (TPSA) is 37.3 Å². The van der Waals surface area contributed by atoms with E-state index in [1.165, 1.54) is 25.7 Å². The maximum absolute atomic E-state index is 10.4. The van der Waals surface area contributed by atoms with Crippen LogP contribution in [0.4, 0.5) is 0 Å². The van der Waals surface area contributed by atoms with Crippen LogP contribution < -0.4 is 0 Å². The van der Waals surface area contributed by atoms with Crippen LogP contribution in [0, 0.1) is 6.92 Å². The van der Waals surface area contributed by atoms with Crippen LogP contribution in [0.5, 0.6) is 0 Å². The molecule has 2 heteroatoms. The van der Waals surface area contributed by atoms with Crippen LogP contribution >= 0.6 is 0 Å². The highest BCUT2D eigenvalue weighted by Gasteiger charge is 1.99. The first-order chi connectivity index (χ1) is 6.70. The molecule has 0 spiro atoms. The Morgan fingerprint density at radius 2 is 1.79 bits per heavy atom. The lowest BCUT2D eigenvalue weighted by Gasteiger charge is -2.05. The minimum absolute atomic E-state index is 0.347. The number of carbonyl (C=O) groups is 1. The van der Waals surface area contributed by atoms with Crippen molar-refractivity contribution < 1.29 is 9.90 Å². The molecule has 0 unspecified atom stereocenters. The van der Waals surface area contributed by atoms with Crippen molar-refractivity contribution in [1.82, 2.24) is 0 Å². The smallest absolute Gasteiger partial charge is 0.335 e. The van der Waals surface area contributed by atoms with Crippen molar-refractivity contribution in [1.29, 1.82) is 0 Å². The molecule has 1 aliphatic carbocycles. The van der Waals surface area contributed by atoms with Gasteiger partial charge in [0.25, 0.3) is 0 Å². The van der Waals surface area contributed by atoms with Gasteiger partial charge in [-0.05, 0) is 19.1 Å². The fourth-order valence-corrected chi connectivity index (χ4v) is 1.03. The molecule has 76 valence electrons. The highest BCUT2D eigenvalue weighted by atomic mass is 16.4. The number of carboxylic acids is 1. The number of carboxylic acid groups (broad SMARTS) is 1. The first-order valence-corrected chi connectivity index (χ1v) is 5.00. The summed E-state index contributed by atoms with van der Waals surface area (Å²) in [5.74, 6) is -0.872. The second kappa shape index (κ2) is 5.43. The lowest BCUT2D eigenvalue weighted by Crippen LogP contribution is -1.95. The van der Waals surface area contributed by atoms with Gasteiger partial charge < -0.3 is 5.11 Å². The van der Waals surface area contributed by atoms with Crippen molar-refractivity contribution in [2.75, 3.05) is 0 Å². The molecule has 0 radical (unpaired) electrons. The zero-order valence-corrected chi connectivity index (χ0v) is 8.49. The molecule has 0 atom stereocenters. The third kappa shape index (κ3) is 3.60. The summed E-state index contributed by atoms with van der Waals surface area (Å²) in [6.07, 6.45) is 6.00. The first kappa shape index (κ1) is 10.8. The van der Waals surface area contributed by atoms with Gasteiger partial charge in [-0.2, -0.15) is 0 Å². The van der Waals surface area contributed by atoms with Crippen LogP contribution in [-0.2, 0) is 0 Å². The zero-order chi connectivity index (χ0) is 10.4. The molecule has 1 saturated carbocycles. The van der Waals surface area contributed by atoms with E-state index in [0.717, 1.165) is 5.56 Å². The van der Waals surface area contributed by atoms with Gasteiger partial charge >= 0.3 is 5.97 Å². The predicted octanol–water partition coefficient (Wildman–Crippen LogP) is 3.25. The molecule has 1 fully saturated rings. The van der Waals surface area contributed by atoms with Gasteiger partial charge in [0, 0.05) is 0 Å². The zero-order valence-electron chi connectivity index (χ0n) is 8.49. The van der Waals surface area contributed by atoms with E-state index < -0.39 is 5.97 Å². The highest BCUT2D eigenvalue weighted by Crippen LogP contribution is 2.15. The van der Waals surface area contributed by atoms with Crippen LogP contribution in [0.15, 0.2) is 24.3 Å². The maximum atomic E-state index is 10.4. The summed E-state index contributed by atoms with van der Waals surface area (Å²) in [5, 5.41) is 8.51. The second-order valence-corrected chi connectivity index (χ2v) is 3.59. The average Bonchev–Trinajstić information content (AvgIpc) is 2.00. The second-order valence-electron chi connectivity index (χ2n) is 3.59. The molecule has 14 heavy (non-hydrogen) atoms. The molecule has 0 amide bonds. The van der Waals surface area contributed by atoms with Crippen LogP contribution in [0.1, 0.15) is 41.6 Å². The van der Waals surface area contributed by atoms with Crippen LogP contribution in [0.3, 0.4) is 0 Å². The highest BCUT2D eigenvalue weighted by molar-refractivity contribution is 5.87. The van der Waals surface area contributed by atoms with Crippen molar-refractivity contribution in [3.05, 3.63) is 35.4 Å². The maximum Gasteiger partial charge on any atom is 0.335 e. The third-order valence-corrected chi connectivity index (χ3v) is 2.27. The van der Waals surface area contributed by atoms with Gasteiger partial charge in [0.2, 0.25) is 0 Å². The predicted molar refractivity (Wildman–Crippen MR) is 56.6 cm³/mol. The van der Waals surface area contributed by atoms with E-state index in [1.807, 2.05) is 13.0 Å². The molecule has 0 bridgehead atoms. The lowest BCUT2D eigenvalue weighted by atomic mass is 10.0. The monoisotopic (exact) mass is 192 g/mol. The molecule has 0 heterocycles. The van der Waals surface area contributed by atoms with Crippen molar-refractivity contribution in [3.8, 4) is 0 Å². The molecule has 0 aromatic heterocycles. The molecule has 1 aromatic rings. The molecule has 0 aliphatic heterocycles. The molecular weight excluding hydrogens is 176 g/mol. The number of rotatable bonds is 1. The summed E-state index contributed by atoms with van der Waals surface area (Å²) < 4.78 is 0. The van der Waals surface area contributed by atoms with Gasteiger partial charge in [0.05, 0.1) is 5.56 Å². The Bertz CT molecular complexity index is 297. The van der Waals surface area contributed by atoms with Crippen LogP contribution in [0.2, 0.25) is 0 Å². The fraction of sp³-hybridized carbons (Fsp3) is 0.417. The molecule has 2 nitrogen and oxygen atoms in total. The minimum atomic E-state index is -0.872. The summed E-state index contributed by atoms with van der Waals surface area (Å²) in [6.45, 7) is 1.87. The largest absolute Gasteiger partial charge is 0.478 e. The molecule has 1 aromatic carbocycles. The van der Waals surface area contributed by atoms with Gasteiger partial charge in [-0.25, -0.2) is 4.79 Å². The van der Waals surface area contributed by atoms with Crippen LogP contribution in [0.25, 0.3) is 0 Å². The van der Waals surface area contributed by atoms with E-state index in [0.29, 0.717) is 5.56 Å². The van der Waals surface area contributed by atoms with Gasteiger partial charge in [-0.15, -0.1) is 0 Å². The van der Waals surface area contributed by atoms with Gasteiger partial charge in [-0.3, -0.25) is 0 Å². The Morgan fingerprint density at radius 1 is 1.21 bits per heavy atom. The SMILES string of the molecule is C1CCC1.Cc1cccc(C(=O)O)c1. The van der Waals surface area contributed by atoms with E-state index >= 15 is 0 Å². The Labute approximate surface area is 84.6 Å². The van der Waals surface area contributed by atoms with Gasteiger partial charge in [0.1, 0.15) is 0 Å². The normalized spacial score (nSPS) is 13.5. The Morgan fingerprint density at radius 3 is 2.07 bits per heavy atom. The summed E-state index contributed by atoms with van der Waals surface area (Å²) in [5.41, 5.74) is 1.32. The third-order valence-electron chi connectivity index (χ3n) is 2.27. The summed E-state index contributed by atoms with van der Waals surface area (Å²) >= 11 is 0. The van der Waals surface area contributed by atoms with Gasteiger partial charge in [0.15, 0.2) is 0 Å². The Balaban J connectivity index is 0.000000203. The standard InChI is InChI=1S/C8H8O2.C4H8/c1-6-3-2-4-7(5-6)8(9)10;1-2-4-3-1/h2-5H,1H3,(H,9,10);1-4H2. The van der Waals surface area contributed by atoms with Crippen molar-refractivity contribution in [3.63, 3.8) is 0 Å². The number of aromatic carboxylic acids is 1. The number of hydrogen-bond donors (Lipinski definition) is 1. The summed E-state index contributed by atoms with van der Waals surface area (Å²) in [4.78, 5) is 10.4. The fourth-order valence-electron chi connectivity index (χ4n) is 1.03. The molecule has 2 rings (SSSR count). The quantitative estimate of drug-likeness (QED) is 0.741. The Hall–Kier alpha value is -1.31. The van der Waals surface area contributed by atoms with Crippen molar-refractivity contribution in [2.24, 2.45) is 0 Å². The average molecular weight is 192 g/mol. The number of aryl methyl sites for hydroxylation is 1. The van der Waals surface area contributed by atoms with E-state index in [9.17, 15) is 4.79 Å². The molecule has 1 N–H and O–H groups in total. The molecular formula is C12H16O2. The van der Waals surface area contributed by atoms with Gasteiger partial charge in [-0.1, -0.05) is 43.4 Å². The first-order valence-electron chi connectivity index (χ1n) is 5.00. The van der Waals surface area contributed by atoms with E-state index in [4.69, 9.17) is 5.11 Å². The van der Waals surface area contributed by atoms with Crippen LogP contribution in [-0.4, -0.2) is 11.1 Å². The summed E-state index contributed by atoms with van der Waals surface area (Å²) in [7, 11) is 0. The van der Waals surface area contributed by atoms with E-state index in [2.05, 4.69) is 0 Å². The van der Waals surface area contributed by atoms with Crippen molar-refractivity contribution in [2.45, 2.75) is 32.6 Å². The number of benzene rings is 1. The van der Waals surface area contributed by atoms with E-state index in [-0.39, 0.29) is 0 Å². The minimum Gasteiger partial charge on any atom is -0.478 e. The van der Waals surface area contributed by atoms with Crippen molar-refractivity contribution >= 4 is 5.97 Å². The van der Waals surface area contributed by atoms with E-state index in [1.54, 1.807) is 18.2 Å². The summed E-state index contributed by atoms with van der Waals surface area (Å²) in [6, 6.07) is 6.82. The number of hydrogen-bond acceptors (Lipinski definition) is 1. The Kier molecular flexibility index (Phi) is 4.17. The molecule has 1 aliphatic rings.